The minimum Gasteiger partial charge on any atom is -0.481 e. The van der Waals surface area contributed by atoms with Gasteiger partial charge in [0.15, 0.2) is 0 Å². The van der Waals surface area contributed by atoms with Gasteiger partial charge in [-0.1, -0.05) is 65.0 Å². The highest BCUT2D eigenvalue weighted by atomic mass is 28.4. The summed E-state index contributed by atoms with van der Waals surface area (Å²) in [7, 11) is -4.33. The Kier molecular flexibility index (Phi) is 5.28. The van der Waals surface area contributed by atoms with Crippen LogP contribution < -0.4 is 0 Å². The molecule has 0 aromatic heterocycles. The van der Waals surface area contributed by atoms with E-state index in [9.17, 15) is 9.90 Å². The Hall–Kier alpha value is 0.121. The van der Waals surface area contributed by atoms with Gasteiger partial charge in [0.05, 0.1) is 0 Å². The highest BCUT2D eigenvalue weighted by molar-refractivity contribution is 7.00. The third kappa shape index (κ3) is 4.35. The van der Waals surface area contributed by atoms with Gasteiger partial charge in [-0.15, -0.1) is 0 Å². The van der Waals surface area contributed by atoms with E-state index in [4.69, 9.17) is 0 Å². The maximum Gasteiger partial charge on any atom is 0.303 e. The zero-order valence-electron chi connectivity index (χ0n) is 13.8. The topological polar surface area (TPSA) is 37.3 Å². The van der Waals surface area contributed by atoms with Crippen molar-refractivity contribution in [3.05, 3.63) is 0 Å². The van der Waals surface area contributed by atoms with Crippen LogP contribution in [0.5, 0.6) is 0 Å². The molecule has 2 nitrogen and oxygen atoms in total. The lowest BCUT2D eigenvalue weighted by atomic mass is 10.3. The Balaban J connectivity index is 5.81. The first-order valence-electron chi connectivity index (χ1n) is 6.84. The summed E-state index contributed by atoms with van der Waals surface area (Å²) in [6.45, 7) is 21.4. The lowest BCUT2D eigenvalue weighted by molar-refractivity contribution is -0.137. The molecule has 0 fully saturated rings. The minimum atomic E-state index is -1.53. The Morgan fingerprint density at radius 3 is 1.39 bits per heavy atom. The van der Waals surface area contributed by atoms with Crippen LogP contribution in [-0.2, 0) is 4.79 Å². The van der Waals surface area contributed by atoms with Gasteiger partial charge in [0.25, 0.3) is 0 Å². The first-order valence-corrected chi connectivity index (χ1v) is 17.5. The van der Waals surface area contributed by atoms with Gasteiger partial charge in [0.2, 0.25) is 0 Å². The lowest BCUT2D eigenvalue weighted by Crippen LogP contribution is -2.57. The predicted octanol–water partition coefficient (Wildman–Crippen LogP) is 4.76. The van der Waals surface area contributed by atoms with Crippen LogP contribution in [0.1, 0.15) is 6.42 Å². The molecule has 0 saturated heterocycles. The summed E-state index contributed by atoms with van der Waals surface area (Å²) in [6.07, 6.45) is 0.392. The first-order chi connectivity index (χ1) is 7.62. The zero-order chi connectivity index (χ0) is 15.0. The van der Waals surface area contributed by atoms with E-state index in [0.717, 1.165) is 0 Å². The highest BCUT2D eigenvalue weighted by Crippen LogP contribution is 2.55. The number of hydrogen-bond acceptors (Lipinski definition) is 1. The van der Waals surface area contributed by atoms with Crippen molar-refractivity contribution in [3.8, 4) is 0 Å². The van der Waals surface area contributed by atoms with E-state index in [1.807, 2.05) is 0 Å². The maximum atomic E-state index is 11.5. The molecule has 5 heteroatoms. The summed E-state index contributed by atoms with van der Waals surface area (Å²) in [5.74, 6) is -0.599. The van der Waals surface area contributed by atoms with Crippen LogP contribution in [0.15, 0.2) is 0 Å². The van der Waals surface area contributed by atoms with Gasteiger partial charge in [-0.3, -0.25) is 4.79 Å². The normalized spacial score (nSPS) is 14.7. The van der Waals surface area contributed by atoms with Gasteiger partial charge in [-0.25, -0.2) is 0 Å². The van der Waals surface area contributed by atoms with Gasteiger partial charge >= 0.3 is 5.97 Å². The van der Waals surface area contributed by atoms with Crippen LogP contribution in [0.3, 0.4) is 0 Å². The molecule has 0 radical (unpaired) electrons. The van der Waals surface area contributed by atoms with E-state index < -0.39 is 30.2 Å². The molecule has 0 spiro atoms. The molecule has 0 aliphatic carbocycles. The summed E-state index contributed by atoms with van der Waals surface area (Å²) in [5, 5.41) is 9.43. The van der Waals surface area contributed by atoms with Gasteiger partial charge in [0.1, 0.15) is 0 Å². The van der Waals surface area contributed by atoms with Crippen LogP contribution in [-0.4, -0.2) is 35.3 Å². The van der Waals surface area contributed by atoms with E-state index in [1.54, 1.807) is 0 Å². The second-order valence-corrected chi connectivity index (χ2v) is 25.8. The standard InChI is InChI=1S/C13H32O2Si3/c1-16(2,3)11-13(10-12(14)15,17(4,5)6)18(7,8)9/h10-11H2,1-9H3,(H,14,15). The third-order valence-corrected chi connectivity index (χ3v) is 17.5. The van der Waals surface area contributed by atoms with Crippen molar-refractivity contribution in [2.45, 2.75) is 76.0 Å². The van der Waals surface area contributed by atoms with Crippen LogP contribution in [0.2, 0.25) is 69.6 Å². The molecule has 0 saturated carbocycles. The first kappa shape index (κ1) is 18.1. The van der Waals surface area contributed by atoms with Crippen molar-refractivity contribution in [2.75, 3.05) is 0 Å². The Bertz CT molecular complexity index is 292. The lowest BCUT2D eigenvalue weighted by Gasteiger charge is -2.54. The van der Waals surface area contributed by atoms with Gasteiger partial charge in [0, 0.05) is 30.6 Å². The second-order valence-electron chi connectivity index (χ2n) is 8.89. The molecule has 0 heterocycles. The fourth-order valence-electron chi connectivity index (χ4n) is 3.41. The van der Waals surface area contributed by atoms with Crippen LogP contribution in [0.4, 0.5) is 0 Å². The van der Waals surface area contributed by atoms with Crippen molar-refractivity contribution in [1.29, 1.82) is 0 Å². The number of aliphatic carboxylic acids is 1. The summed E-state index contributed by atoms with van der Waals surface area (Å²) < 4.78 is 0.121. The molecule has 0 amide bonds. The van der Waals surface area contributed by atoms with Gasteiger partial charge < -0.3 is 5.11 Å². The number of carboxylic acid groups (broad SMARTS) is 1. The molecule has 0 rings (SSSR count). The van der Waals surface area contributed by atoms with E-state index in [1.165, 1.54) is 6.04 Å². The quantitative estimate of drug-likeness (QED) is 0.719. The third-order valence-electron chi connectivity index (χ3n) is 4.16. The largest absolute Gasteiger partial charge is 0.481 e. The van der Waals surface area contributed by atoms with Crippen LogP contribution >= 0.6 is 0 Å². The molecular weight excluding hydrogens is 272 g/mol. The van der Waals surface area contributed by atoms with Crippen molar-refractivity contribution in [3.63, 3.8) is 0 Å². The average Bonchev–Trinajstić information content (AvgIpc) is 1.93. The fraction of sp³-hybridized carbons (Fsp3) is 0.923. The summed E-state index contributed by atoms with van der Waals surface area (Å²) in [4.78, 5) is 11.5. The van der Waals surface area contributed by atoms with Gasteiger partial charge in [-0.05, 0) is 4.66 Å². The molecule has 1 N–H and O–H groups in total. The molecule has 108 valence electrons. The molecule has 0 aliphatic rings. The van der Waals surface area contributed by atoms with Crippen LogP contribution in [0.25, 0.3) is 0 Å². The van der Waals surface area contributed by atoms with Crippen LogP contribution in [0, 0.1) is 0 Å². The fourth-order valence-corrected chi connectivity index (χ4v) is 23.1. The zero-order valence-corrected chi connectivity index (χ0v) is 16.8. The van der Waals surface area contributed by atoms with Crippen molar-refractivity contribution in [1.82, 2.24) is 0 Å². The molecule has 0 aromatic rings. The Morgan fingerprint density at radius 2 is 1.22 bits per heavy atom. The predicted molar refractivity (Wildman–Crippen MR) is 89.8 cm³/mol. The molecular formula is C13H32O2Si3. The summed E-state index contributed by atoms with van der Waals surface area (Å²) >= 11 is 0. The molecule has 0 aliphatic heterocycles. The number of hydrogen-bond donors (Lipinski definition) is 1. The molecule has 0 bridgehead atoms. The molecule has 0 unspecified atom stereocenters. The molecule has 18 heavy (non-hydrogen) atoms. The minimum absolute atomic E-state index is 0.121. The smallest absolute Gasteiger partial charge is 0.303 e. The van der Waals surface area contributed by atoms with Crippen molar-refractivity contribution in [2.24, 2.45) is 0 Å². The number of carbonyl (C=O) groups is 1. The van der Waals surface area contributed by atoms with E-state index in [-0.39, 0.29) is 4.66 Å². The highest BCUT2D eigenvalue weighted by Gasteiger charge is 2.54. The number of rotatable bonds is 6. The summed E-state index contributed by atoms with van der Waals surface area (Å²) in [5.41, 5.74) is 0. The average molecular weight is 305 g/mol. The van der Waals surface area contributed by atoms with E-state index in [2.05, 4.69) is 58.9 Å². The van der Waals surface area contributed by atoms with Gasteiger partial charge in [-0.2, -0.15) is 0 Å². The Labute approximate surface area is 116 Å². The molecule has 0 atom stereocenters. The Morgan fingerprint density at radius 1 is 0.889 bits per heavy atom. The second kappa shape index (κ2) is 5.25. The van der Waals surface area contributed by atoms with Crippen molar-refractivity contribution < 1.29 is 9.90 Å². The summed E-state index contributed by atoms with van der Waals surface area (Å²) in [6, 6.07) is 1.18. The number of carboxylic acids is 1. The SMILES string of the molecule is C[Si](C)(C)CC(CC(=O)O)([Si](C)(C)C)[Si](C)(C)C. The maximum absolute atomic E-state index is 11.5. The monoisotopic (exact) mass is 304 g/mol. The van der Waals surface area contributed by atoms with E-state index >= 15 is 0 Å². The molecule has 0 aromatic carbocycles. The van der Waals surface area contributed by atoms with Crippen molar-refractivity contribution >= 4 is 30.2 Å². The van der Waals surface area contributed by atoms with E-state index in [0.29, 0.717) is 6.42 Å².